The van der Waals surface area contributed by atoms with E-state index < -0.39 is 17.4 Å². The Morgan fingerprint density at radius 1 is 1.11 bits per heavy atom. The van der Waals surface area contributed by atoms with Crippen LogP contribution in [-0.4, -0.2) is 12.9 Å². The van der Waals surface area contributed by atoms with Crippen LogP contribution in [0.4, 0.5) is 8.78 Å². The van der Waals surface area contributed by atoms with E-state index in [2.05, 4.69) is 15.9 Å². The van der Waals surface area contributed by atoms with Gasteiger partial charge in [0.15, 0.2) is 5.78 Å². The van der Waals surface area contributed by atoms with Crippen molar-refractivity contribution in [2.24, 2.45) is 0 Å². The lowest BCUT2D eigenvalue weighted by Gasteiger charge is -2.08. The van der Waals surface area contributed by atoms with Gasteiger partial charge in [-0.1, -0.05) is 15.9 Å². The molecule has 2 rings (SSSR count). The smallest absolute Gasteiger partial charge is 0.196 e. The maximum atomic E-state index is 13.1. The Morgan fingerprint density at radius 2 is 1.74 bits per heavy atom. The van der Waals surface area contributed by atoms with Crippen molar-refractivity contribution >= 4 is 21.7 Å². The summed E-state index contributed by atoms with van der Waals surface area (Å²) in [5.74, 6) is -1.75. The highest BCUT2D eigenvalue weighted by atomic mass is 79.9. The Kier molecular flexibility index (Phi) is 3.95. The van der Waals surface area contributed by atoms with E-state index in [1.165, 1.54) is 7.11 Å². The second kappa shape index (κ2) is 5.48. The third kappa shape index (κ3) is 2.98. The van der Waals surface area contributed by atoms with Gasteiger partial charge in [0.05, 0.1) is 12.7 Å². The number of carbonyl (C=O) groups is 1. The van der Waals surface area contributed by atoms with Crippen molar-refractivity contribution in [1.29, 1.82) is 0 Å². The van der Waals surface area contributed by atoms with Crippen molar-refractivity contribution in [2.45, 2.75) is 0 Å². The molecule has 2 nitrogen and oxygen atoms in total. The van der Waals surface area contributed by atoms with Crippen molar-refractivity contribution in [3.63, 3.8) is 0 Å². The van der Waals surface area contributed by atoms with Gasteiger partial charge in [-0.2, -0.15) is 0 Å². The van der Waals surface area contributed by atoms with Crippen LogP contribution >= 0.6 is 15.9 Å². The number of benzene rings is 2. The molecule has 0 atom stereocenters. The molecule has 0 saturated carbocycles. The van der Waals surface area contributed by atoms with Crippen molar-refractivity contribution in [2.75, 3.05) is 7.11 Å². The fraction of sp³-hybridized carbons (Fsp3) is 0.0714. The van der Waals surface area contributed by atoms with Gasteiger partial charge in [-0.15, -0.1) is 0 Å². The van der Waals surface area contributed by atoms with Gasteiger partial charge in [0.2, 0.25) is 0 Å². The van der Waals surface area contributed by atoms with Crippen molar-refractivity contribution in [1.82, 2.24) is 0 Å². The summed E-state index contributed by atoms with van der Waals surface area (Å²) >= 11 is 3.24. The normalized spacial score (nSPS) is 10.3. The molecule has 98 valence electrons. The predicted octanol–water partition coefficient (Wildman–Crippen LogP) is 3.97. The quantitative estimate of drug-likeness (QED) is 0.798. The van der Waals surface area contributed by atoms with Gasteiger partial charge in [-0.25, -0.2) is 8.78 Å². The van der Waals surface area contributed by atoms with Gasteiger partial charge in [0, 0.05) is 16.1 Å². The lowest BCUT2D eigenvalue weighted by atomic mass is 10.0. The fourth-order valence-electron chi connectivity index (χ4n) is 1.70. The molecule has 0 fully saturated rings. The van der Waals surface area contributed by atoms with Crippen molar-refractivity contribution in [3.05, 3.63) is 63.6 Å². The van der Waals surface area contributed by atoms with E-state index in [0.29, 0.717) is 10.2 Å². The van der Waals surface area contributed by atoms with Crippen LogP contribution in [0.5, 0.6) is 5.75 Å². The fourth-order valence-corrected chi connectivity index (χ4v) is 2.06. The second-order valence-electron chi connectivity index (χ2n) is 3.83. The van der Waals surface area contributed by atoms with Crippen LogP contribution in [0.15, 0.2) is 40.9 Å². The van der Waals surface area contributed by atoms with Crippen LogP contribution in [0.1, 0.15) is 15.9 Å². The molecule has 19 heavy (non-hydrogen) atoms. The van der Waals surface area contributed by atoms with E-state index in [1.807, 2.05) is 0 Å². The van der Waals surface area contributed by atoms with E-state index in [1.54, 1.807) is 18.2 Å². The molecule has 0 aliphatic carbocycles. The molecule has 5 heteroatoms. The number of ketones is 1. The van der Waals surface area contributed by atoms with E-state index in [-0.39, 0.29) is 11.1 Å². The predicted molar refractivity (Wildman–Crippen MR) is 70.5 cm³/mol. The van der Waals surface area contributed by atoms with E-state index >= 15 is 0 Å². The lowest BCUT2D eigenvalue weighted by molar-refractivity contribution is 0.103. The Hall–Kier alpha value is -1.75. The lowest BCUT2D eigenvalue weighted by Crippen LogP contribution is -2.05. The van der Waals surface area contributed by atoms with Gasteiger partial charge in [0.25, 0.3) is 0 Å². The maximum Gasteiger partial charge on any atom is 0.196 e. The maximum absolute atomic E-state index is 13.1. The number of ether oxygens (including phenoxy) is 1. The zero-order chi connectivity index (χ0) is 14.0. The number of hydrogen-bond acceptors (Lipinski definition) is 2. The van der Waals surface area contributed by atoms with Crippen LogP contribution < -0.4 is 4.74 Å². The molecule has 0 saturated heterocycles. The average Bonchev–Trinajstić information content (AvgIpc) is 2.36. The molecule has 2 aromatic carbocycles. The van der Waals surface area contributed by atoms with Crippen molar-refractivity contribution < 1.29 is 18.3 Å². The zero-order valence-corrected chi connectivity index (χ0v) is 11.5. The molecular formula is C14H9BrF2O2. The molecule has 0 aliphatic rings. The molecule has 0 N–H and O–H groups in total. The van der Waals surface area contributed by atoms with Crippen LogP contribution in [0.25, 0.3) is 0 Å². The minimum absolute atomic E-state index is 0.0612. The van der Waals surface area contributed by atoms with Crippen LogP contribution in [0, 0.1) is 11.6 Å². The van der Waals surface area contributed by atoms with Crippen LogP contribution in [-0.2, 0) is 0 Å². The molecule has 0 aliphatic heterocycles. The van der Waals surface area contributed by atoms with Gasteiger partial charge >= 0.3 is 0 Å². The number of halogens is 3. The molecule has 0 bridgehead atoms. The monoisotopic (exact) mass is 326 g/mol. The first-order valence-corrected chi connectivity index (χ1v) is 6.15. The Balaban J connectivity index is 2.52. The zero-order valence-electron chi connectivity index (χ0n) is 9.91. The molecule has 0 aromatic heterocycles. The SMILES string of the molecule is COc1ccc(Br)cc1C(=O)c1cc(F)cc(F)c1. The van der Waals surface area contributed by atoms with E-state index in [4.69, 9.17) is 4.74 Å². The summed E-state index contributed by atoms with van der Waals surface area (Å²) in [5.41, 5.74) is 0.177. The van der Waals surface area contributed by atoms with Gasteiger partial charge in [0.1, 0.15) is 17.4 Å². The summed E-state index contributed by atoms with van der Waals surface area (Å²) in [7, 11) is 1.42. The molecular weight excluding hydrogens is 318 g/mol. The summed E-state index contributed by atoms with van der Waals surface area (Å²) in [6.07, 6.45) is 0. The Bertz CT molecular complexity index is 621. The highest BCUT2D eigenvalue weighted by molar-refractivity contribution is 9.10. The summed E-state index contributed by atoms with van der Waals surface area (Å²) < 4.78 is 32.0. The molecule has 0 spiro atoms. The summed E-state index contributed by atoms with van der Waals surface area (Å²) in [4.78, 5) is 12.2. The molecule has 0 heterocycles. The third-order valence-corrected chi connectivity index (χ3v) is 3.02. The van der Waals surface area contributed by atoms with Gasteiger partial charge < -0.3 is 4.74 Å². The van der Waals surface area contributed by atoms with E-state index in [0.717, 1.165) is 18.2 Å². The number of carbonyl (C=O) groups excluding carboxylic acids is 1. The average molecular weight is 327 g/mol. The highest BCUT2D eigenvalue weighted by Crippen LogP contribution is 2.26. The summed E-state index contributed by atoms with van der Waals surface area (Å²) in [6, 6.07) is 7.56. The van der Waals surface area contributed by atoms with Crippen LogP contribution in [0.2, 0.25) is 0 Å². The molecule has 2 aromatic rings. The first-order valence-electron chi connectivity index (χ1n) is 5.35. The number of methoxy groups -OCH3 is 1. The Labute approximate surface area is 117 Å². The van der Waals surface area contributed by atoms with E-state index in [9.17, 15) is 13.6 Å². The largest absolute Gasteiger partial charge is 0.496 e. The van der Waals surface area contributed by atoms with Gasteiger partial charge in [-0.05, 0) is 30.3 Å². The topological polar surface area (TPSA) is 26.3 Å². The standard InChI is InChI=1S/C14H9BrF2O2/c1-19-13-3-2-9(15)6-12(13)14(18)8-4-10(16)7-11(17)5-8/h2-7H,1H3. The van der Waals surface area contributed by atoms with Crippen LogP contribution in [0.3, 0.4) is 0 Å². The first kappa shape index (κ1) is 13.7. The number of hydrogen-bond donors (Lipinski definition) is 0. The minimum Gasteiger partial charge on any atom is -0.496 e. The Morgan fingerprint density at radius 3 is 2.32 bits per heavy atom. The second-order valence-corrected chi connectivity index (χ2v) is 4.75. The molecule has 0 radical (unpaired) electrons. The summed E-state index contributed by atoms with van der Waals surface area (Å²) in [5, 5.41) is 0. The molecule has 0 amide bonds. The van der Waals surface area contributed by atoms with Crippen molar-refractivity contribution in [3.8, 4) is 5.75 Å². The van der Waals surface area contributed by atoms with Gasteiger partial charge in [-0.3, -0.25) is 4.79 Å². The first-order chi connectivity index (χ1) is 9.01. The highest BCUT2D eigenvalue weighted by Gasteiger charge is 2.16. The number of rotatable bonds is 3. The minimum atomic E-state index is -0.794. The third-order valence-electron chi connectivity index (χ3n) is 2.53. The summed E-state index contributed by atoms with van der Waals surface area (Å²) in [6.45, 7) is 0. The molecule has 0 unspecified atom stereocenters.